The van der Waals surface area contributed by atoms with Crippen LogP contribution in [0.5, 0.6) is 0 Å². The first-order chi connectivity index (χ1) is 34.7. The molecule has 0 saturated heterocycles. The molecule has 0 aliphatic carbocycles. The second kappa shape index (κ2) is 20.8. The number of nitrogens with one attached hydrogen (secondary N) is 1. The molecule has 0 aliphatic rings. The van der Waals surface area contributed by atoms with Gasteiger partial charge in [-0.2, -0.15) is 47.1 Å². The van der Waals surface area contributed by atoms with E-state index in [0.717, 1.165) is 44.0 Å². The van der Waals surface area contributed by atoms with Crippen LogP contribution in [0.25, 0.3) is 45.3 Å². The average molecular weight is 1000 g/mol. The third-order valence-corrected chi connectivity index (χ3v) is 11.3. The molecule has 0 spiro atoms. The Labute approximate surface area is 407 Å². The third-order valence-electron chi connectivity index (χ3n) is 11.3. The van der Waals surface area contributed by atoms with Gasteiger partial charge in [0.05, 0.1) is 98.6 Å². The lowest BCUT2D eigenvalue weighted by atomic mass is 10.1. The molecule has 0 unspecified atom stereocenters. The smallest absolute Gasteiger partial charge is 0.355 e. The number of benzene rings is 4. The van der Waals surface area contributed by atoms with Crippen molar-refractivity contribution in [1.82, 2.24) is 43.1 Å². The molecule has 8 aromatic rings. The molecule has 0 saturated carbocycles. The van der Waals surface area contributed by atoms with E-state index in [1.54, 1.807) is 54.6 Å². The molecule has 0 atom stereocenters. The quantitative estimate of drug-likeness (QED) is 0.111. The number of aromatic nitrogens is 8. The van der Waals surface area contributed by atoms with Crippen molar-refractivity contribution in [2.45, 2.75) is 46.2 Å². The fraction of sp³-hybridized carbons (Fsp3) is 0.160. The lowest BCUT2D eigenvalue weighted by Crippen LogP contribution is -2.43. The Bertz CT molecular complexity index is 3760. The van der Waals surface area contributed by atoms with Crippen molar-refractivity contribution in [2.24, 2.45) is 0 Å². The van der Waals surface area contributed by atoms with E-state index in [1.165, 1.54) is 66.8 Å². The maximum atomic E-state index is 13.7. The van der Waals surface area contributed by atoms with Crippen LogP contribution in [-0.4, -0.2) is 56.6 Å². The molecule has 1 amide bonds. The van der Waals surface area contributed by atoms with E-state index in [-0.39, 0.29) is 64.3 Å². The first kappa shape index (κ1) is 51.2. The van der Waals surface area contributed by atoms with Crippen LogP contribution in [0.1, 0.15) is 40.6 Å². The van der Waals surface area contributed by atoms with Crippen LogP contribution in [0.4, 0.5) is 26.3 Å². The summed E-state index contributed by atoms with van der Waals surface area (Å²) in [5, 5.41) is 29.1. The molecule has 0 fully saturated rings. The second-order valence-electron chi connectivity index (χ2n) is 15.8. The van der Waals surface area contributed by atoms with Crippen LogP contribution in [-0.2, 0) is 35.0 Å². The normalized spacial score (nSPS) is 11.3. The van der Waals surface area contributed by atoms with Crippen LogP contribution in [0.15, 0.2) is 141 Å². The van der Waals surface area contributed by atoms with Crippen molar-refractivity contribution < 1.29 is 35.9 Å². The molecule has 73 heavy (non-hydrogen) atoms. The van der Waals surface area contributed by atoms with E-state index in [4.69, 9.17) is 10.5 Å². The highest BCUT2D eigenvalue weighted by atomic mass is 19.4. The van der Waals surface area contributed by atoms with E-state index < -0.39 is 52.5 Å². The molecule has 4 heterocycles. The number of nitrogens with zero attached hydrogens (tertiary/aromatic N) is 10. The Kier molecular flexibility index (Phi) is 14.6. The molecule has 4 aromatic carbocycles. The van der Waals surface area contributed by atoms with Crippen LogP contribution < -0.4 is 27.8 Å². The molecule has 23 heteroatoms. The van der Waals surface area contributed by atoms with E-state index in [1.807, 2.05) is 12.1 Å². The van der Waals surface area contributed by atoms with Gasteiger partial charge in [-0.3, -0.25) is 32.7 Å². The van der Waals surface area contributed by atoms with Crippen LogP contribution in [0.2, 0.25) is 0 Å². The van der Waals surface area contributed by atoms with Crippen LogP contribution in [0, 0.1) is 36.5 Å². The molecular formula is C50H37F6N11O6. The van der Waals surface area contributed by atoms with Crippen molar-refractivity contribution in [1.29, 1.82) is 10.5 Å². The Morgan fingerprint density at radius 3 is 1.41 bits per heavy atom. The van der Waals surface area contributed by atoms with Crippen molar-refractivity contribution in [2.75, 3.05) is 6.54 Å². The number of halogens is 6. The number of nitriles is 2. The summed E-state index contributed by atoms with van der Waals surface area (Å²) in [5.74, 6) is -0.373. The Balaban J connectivity index is 0.000000214. The van der Waals surface area contributed by atoms with Gasteiger partial charge in [-0.25, -0.2) is 19.0 Å². The summed E-state index contributed by atoms with van der Waals surface area (Å²) in [4.78, 5) is 76.2. The Morgan fingerprint density at radius 1 is 0.616 bits per heavy atom. The van der Waals surface area contributed by atoms with Gasteiger partial charge in [0.1, 0.15) is 6.29 Å². The summed E-state index contributed by atoms with van der Waals surface area (Å²) in [6.45, 7) is 3.32. The standard InChI is InChI=1S/C26H21F3N6O3.C24H16F3N5O3/c1-16-23(22-10-11-32-35(22)20-8-6-18(15-30)7-9-20)24(37)33(13-12-31-17(2)36)25(38)34(16)21-5-3-4-19(14-21)26(27,28)29;1-15-21(20-9-10-29-32(20)18-7-5-16(14-28)6-8-18)22(34)30(11-12-33)23(35)31(15)19-4-2-3-17(13-19)24(25,26)27/h3-11,14H,12-13H2,1-2H3,(H,31,36);2-10,12-13H,11H2,1H3. The molecular weight excluding hydrogens is 965 g/mol. The van der Waals surface area contributed by atoms with Gasteiger partial charge in [-0.05, 0) is 111 Å². The maximum Gasteiger partial charge on any atom is 0.416 e. The van der Waals surface area contributed by atoms with Gasteiger partial charge in [0, 0.05) is 31.4 Å². The third kappa shape index (κ3) is 10.5. The highest BCUT2D eigenvalue weighted by Crippen LogP contribution is 2.33. The fourth-order valence-corrected chi connectivity index (χ4v) is 7.87. The number of carbonyl (C=O) groups excluding carboxylic acids is 2. The predicted octanol–water partition coefficient (Wildman–Crippen LogP) is 6.44. The molecule has 0 aliphatic heterocycles. The topological polar surface area (TPSA) is 217 Å². The van der Waals surface area contributed by atoms with Crippen molar-refractivity contribution in [3.63, 3.8) is 0 Å². The van der Waals surface area contributed by atoms with E-state index in [9.17, 15) is 55.1 Å². The minimum atomic E-state index is -4.65. The molecule has 4 aromatic heterocycles. The minimum Gasteiger partial charge on any atom is -0.355 e. The van der Waals surface area contributed by atoms with Gasteiger partial charge >= 0.3 is 23.7 Å². The predicted molar refractivity (Wildman–Crippen MR) is 251 cm³/mol. The van der Waals surface area contributed by atoms with Crippen LogP contribution >= 0.6 is 0 Å². The molecule has 1 N–H and O–H groups in total. The van der Waals surface area contributed by atoms with Gasteiger partial charge in [0.15, 0.2) is 0 Å². The number of amides is 1. The lowest BCUT2D eigenvalue weighted by Gasteiger charge is -2.19. The highest BCUT2D eigenvalue weighted by molar-refractivity contribution is 5.72. The molecule has 0 radical (unpaired) electrons. The second-order valence-corrected chi connectivity index (χ2v) is 15.8. The summed E-state index contributed by atoms with van der Waals surface area (Å²) in [6.07, 6.45) is -6.09. The Hall–Kier alpha value is -9.64. The largest absolute Gasteiger partial charge is 0.416 e. The average Bonchev–Trinajstić information content (AvgIpc) is 4.05. The summed E-state index contributed by atoms with van der Waals surface area (Å²) in [7, 11) is 0. The first-order valence-corrected chi connectivity index (χ1v) is 21.6. The van der Waals surface area contributed by atoms with Crippen LogP contribution in [0.3, 0.4) is 0 Å². The number of aldehydes is 1. The fourth-order valence-electron chi connectivity index (χ4n) is 7.87. The first-order valence-electron chi connectivity index (χ1n) is 21.6. The number of hydrogen-bond donors (Lipinski definition) is 1. The zero-order valence-corrected chi connectivity index (χ0v) is 38.4. The number of carbonyl (C=O) groups is 2. The SMILES string of the molecule is CC(=O)NCCn1c(=O)c(-c2ccnn2-c2ccc(C#N)cc2)c(C)n(-c2cccc(C(F)(F)F)c2)c1=O.Cc1c(-c2ccnn2-c2ccc(C#N)cc2)c(=O)n(CC=O)c(=O)n1-c1cccc(C(F)(F)F)c1. The highest BCUT2D eigenvalue weighted by Gasteiger charge is 2.33. The summed E-state index contributed by atoms with van der Waals surface area (Å²) in [5.41, 5.74) is -2.88. The van der Waals surface area contributed by atoms with Crippen molar-refractivity contribution >= 4 is 12.2 Å². The zero-order chi connectivity index (χ0) is 52.9. The Morgan fingerprint density at radius 2 is 1.03 bits per heavy atom. The van der Waals surface area contributed by atoms with E-state index >= 15 is 0 Å². The zero-order valence-electron chi connectivity index (χ0n) is 38.4. The summed E-state index contributed by atoms with van der Waals surface area (Å²) < 4.78 is 86.7. The summed E-state index contributed by atoms with van der Waals surface area (Å²) in [6, 6.07) is 28.2. The van der Waals surface area contributed by atoms with Gasteiger partial charge in [-0.1, -0.05) is 12.1 Å². The van der Waals surface area contributed by atoms with Gasteiger partial charge in [-0.15, -0.1) is 0 Å². The monoisotopic (exact) mass is 1000 g/mol. The van der Waals surface area contributed by atoms with Crippen molar-refractivity contribution in [3.8, 4) is 57.4 Å². The van der Waals surface area contributed by atoms with Crippen molar-refractivity contribution in [3.05, 3.63) is 197 Å². The lowest BCUT2D eigenvalue weighted by molar-refractivity contribution is -0.138. The number of alkyl halides is 6. The van der Waals surface area contributed by atoms with Gasteiger partial charge < -0.3 is 10.1 Å². The molecule has 8 rings (SSSR count). The maximum absolute atomic E-state index is 13.7. The van der Waals surface area contributed by atoms with Gasteiger partial charge in [0.2, 0.25) is 5.91 Å². The van der Waals surface area contributed by atoms with E-state index in [2.05, 4.69) is 15.5 Å². The molecule has 0 bridgehead atoms. The number of hydrogen-bond acceptors (Lipinski definition) is 10. The van der Waals surface area contributed by atoms with Gasteiger partial charge in [0.25, 0.3) is 11.1 Å². The summed E-state index contributed by atoms with van der Waals surface area (Å²) >= 11 is 0. The minimum absolute atomic E-state index is 0.0225. The number of rotatable bonds is 11. The molecule has 370 valence electrons. The van der Waals surface area contributed by atoms with E-state index in [0.29, 0.717) is 33.4 Å². The molecule has 17 nitrogen and oxygen atoms in total.